The largest absolute Gasteiger partial charge is 0.456 e. The van der Waals surface area contributed by atoms with Crippen LogP contribution in [0.15, 0.2) is 65.1 Å². The van der Waals surface area contributed by atoms with E-state index in [0.717, 1.165) is 33.1 Å². The lowest BCUT2D eigenvalue weighted by Gasteiger charge is -2.18. The highest BCUT2D eigenvalue weighted by atomic mass is 16.3. The van der Waals surface area contributed by atoms with Gasteiger partial charge in [-0.2, -0.15) is 5.26 Å². The second kappa shape index (κ2) is 5.50. The maximum Gasteiger partial charge on any atom is 0.136 e. The summed E-state index contributed by atoms with van der Waals surface area (Å²) in [6.45, 7) is 6.67. The normalized spacial score (nSPS) is 11.8. The highest BCUT2D eigenvalue weighted by molar-refractivity contribution is 6.06. The molecule has 2 heteroatoms. The Morgan fingerprint density at radius 2 is 1.48 bits per heavy atom. The molecule has 0 unspecified atom stereocenters. The number of nitriles is 1. The van der Waals surface area contributed by atoms with Crippen LogP contribution in [-0.4, -0.2) is 0 Å². The molecule has 3 aromatic carbocycles. The predicted molar refractivity (Wildman–Crippen MR) is 103 cm³/mol. The molecular weight excluding hydrogens is 306 g/mol. The summed E-state index contributed by atoms with van der Waals surface area (Å²) in [5, 5.41) is 11.2. The van der Waals surface area contributed by atoms with Crippen molar-refractivity contribution in [3.8, 4) is 17.2 Å². The summed E-state index contributed by atoms with van der Waals surface area (Å²) in [4.78, 5) is 0. The van der Waals surface area contributed by atoms with Crippen molar-refractivity contribution in [2.24, 2.45) is 0 Å². The van der Waals surface area contributed by atoms with Gasteiger partial charge in [0.2, 0.25) is 0 Å². The second-order valence-corrected chi connectivity index (χ2v) is 7.46. The molecule has 2 nitrogen and oxygen atoms in total. The van der Waals surface area contributed by atoms with Gasteiger partial charge in [0.1, 0.15) is 11.2 Å². The molecule has 0 amide bonds. The van der Waals surface area contributed by atoms with Crippen molar-refractivity contribution < 1.29 is 4.42 Å². The molecule has 0 aliphatic heterocycles. The number of benzene rings is 3. The fourth-order valence-electron chi connectivity index (χ4n) is 3.16. The molecule has 0 radical (unpaired) electrons. The van der Waals surface area contributed by atoms with Crippen LogP contribution >= 0.6 is 0 Å². The summed E-state index contributed by atoms with van der Waals surface area (Å²) in [6.07, 6.45) is 0. The Bertz CT molecular complexity index is 1120. The molecular formula is C23H19NO. The average molecular weight is 325 g/mol. The highest BCUT2D eigenvalue weighted by Gasteiger charge is 2.16. The Morgan fingerprint density at radius 3 is 2.16 bits per heavy atom. The van der Waals surface area contributed by atoms with Gasteiger partial charge in [-0.05, 0) is 58.5 Å². The van der Waals surface area contributed by atoms with Crippen molar-refractivity contribution >= 4 is 21.9 Å². The molecule has 4 aromatic rings. The minimum atomic E-state index is 0.111. The van der Waals surface area contributed by atoms with Gasteiger partial charge >= 0.3 is 0 Å². The van der Waals surface area contributed by atoms with Crippen LogP contribution in [0.3, 0.4) is 0 Å². The minimum Gasteiger partial charge on any atom is -0.456 e. The monoisotopic (exact) mass is 325 g/mol. The van der Waals surface area contributed by atoms with Crippen molar-refractivity contribution in [3.05, 3.63) is 71.8 Å². The molecule has 25 heavy (non-hydrogen) atoms. The van der Waals surface area contributed by atoms with Gasteiger partial charge in [0.25, 0.3) is 0 Å². The first-order valence-corrected chi connectivity index (χ1v) is 8.43. The van der Waals surface area contributed by atoms with Crippen LogP contribution in [0.1, 0.15) is 31.9 Å². The number of furan rings is 1. The van der Waals surface area contributed by atoms with Gasteiger partial charge in [0, 0.05) is 10.8 Å². The van der Waals surface area contributed by atoms with E-state index < -0.39 is 0 Å². The van der Waals surface area contributed by atoms with E-state index in [1.165, 1.54) is 5.56 Å². The van der Waals surface area contributed by atoms with Crippen LogP contribution in [0.25, 0.3) is 33.1 Å². The zero-order valence-corrected chi connectivity index (χ0v) is 14.6. The third-order valence-corrected chi connectivity index (χ3v) is 4.68. The van der Waals surface area contributed by atoms with E-state index in [2.05, 4.69) is 63.2 Å². The molecule has 0 aliphatic rings. The summed E-state index contributed by atoms with van der Waals surface area (Å²) in [5.74, 6) is 0. The number of rotatable bonds is 1. The summed E-state index contributed by atoms with van der Waals surface area (Å²) >= 11 is 0. The Kier molecular flexibility index (Phi) is 3.40. The molecule has 1 aromatic heterocycles. The molecule has 0 saturated heterocycles. The van der Waals surface area contributed by atoms with E-state index in [9.17, 15) is 0 Å². The van der Waals surface area contributed by atoms with Crippen molar-refractivity contribution in [3.63, 3.8) is 0 Å². The van der Waals surface area contributed by atoms with Crippen LogP contribution in [0, 0.1) is 11.3 Å². The minimum absolute atomic E-state index is 0.111. The van der Waals surface area contributed by atoms with Crippen molar-refractivity contribution in [1.82, 2.24) is 0 Å². The van der Waals surface area contributed by atoms with Crippen LogP contribution in [-0.2, 0) is 5.41 Å². The molecule has 0 fully saturated rings. The predicted octanol–water partition coefficient (Wildman–Crippen LogP) is 6.42. The van der Waals surface area contributed by atoms with E-state index in [4.69, 9.17) is 9.68 Å². The van der Waals surface area contributed by atoms with Crippen molar-refractivity contribution in [1.29, 1.82) is 5.26 Å². The Labute approximate surface area is 147 Å². The summed E-state index contributed by atoms with van der Waals surface area (Å²) < 4.78 is 6.07. The molecule has 0 N–H and O–H groups in total. The van der Waals surface area contributed by atoms with Gasteiger partial charge < -0.3 is 4.42 Å². The van der Waals surface area contributed by atoms with Gasteiger partial charge in [-0.25, -0.2) is 0 Å². The number of hydrogen-bond donors (Lipinski definition) is 0. The number of nitrogens with zero attached hydrogens (tertiary/aromatic N) is 1. The molecule has 0 saturated carbocycles. The summed E-state index contributed by atoms with van der Waals surface area (Å²) in [7, 11) is 0. The first kappa shape index (κ1) is 15.5. The standard InChI is InChI=1S/C23H19NO/c1-23(2,3)18-9-11-21-20(13-18)19-10-8-17(12-22(19)25-21)16-6-4-15(14-24)5-7-16/h4-13H,1-3H3. The summed E-state index contributed by atoms with van der Waals surface area (Å²) in [5.41, 5.74) is 6.06. The Morgan fingerprint density at radius 1 is 0.760 bits per heavy atom. The van der Waals surface area contributed by atoms with E-state index in [0.29, 0.717) is 5.56 Å². The average Bonchev–Trinajstić information content (AvgIpc) is 2.98. The topological polar surface area (TPSA) is 36.9 Å². The fourth-order valence-corrected chi connectivity index (χ4v) is 3.16. The SMILES string of the molecule is CC(C)(C)c1ccc2oc3cc(-c4ccc(C#N)cc4)ccc3c2c1. The number of hydrogen-bond acceptors (Lipinski definition) is 2. The zero-order valence-electron chi connectivity index (χ0n) is 14.6. The van der Waals surface area contributed by atoms with Gasteiger partial charge in [-0.1, -0.05) is 45.0 Å². The molecule has 0 atom stereocenters. The Balaban J connectivity index is 1.86. The van der Waals surface area contributed by atoms with Crippen LogP contribution in [0.4, 0.5) is 0 Å². The zero-order chi connectivity index (χ0) is 17.6. The van der Waals surface area contributed by atoms with E-state index in [1.54, 1.807) is 0 Å². The van der Waals surface area contributed by atoms with Crippen LogP contribution < -0.4 is 0 Å². The first-order chi connectivity index (χ1) is 12.0. The highest BCUT2D eigenvalue weighted by Crippen LogP contribution is 2.35. The molecule has 4 rings (SSSR count). The smallest absolute Gasteiger partial charge is 0.136 e. The first-order valence-electron chi connectivity index (χ1n) is 8.43. The van der Waals surface area contributed by atoms with E-state index in [-0.39, 0.29) is 5.41 Å². The summed E-state index contributed by atoms with van der Waals surface area (Å²) in [6, 6.07) is 22.5. The van der Waals surface area contributed by atoms with Crippen molar-refractivity contribution in [2.45, 2.75) is 26.2 Å². The lowest BCUT2D eigenvalue weighted by molar-refractivity contribution is 0.590. The number of fused-ring (bicyclic) bond motifs is 3. The maximum atomic E-state index is 8.94. The van der Waals surface area contributed by atoms with E-state index >= 15 is 0 Å². The Hall–Kier alpha value is -3.05. The molecule has 122 valence electrons. The molecule has 0 spiro atoms. The van der Waals surface area contributed by atoms with Crippen LogP contribution in [0.5, 0.6) is 0 Å². The quantitative estimate of drug-likeness (QED) is 0.405. The molecule has 0 aliphatic carbocycles. The second-order valence-electron chi connectivity index (χ2n) is 7.46. The maximum absolute atomic E-state index is 8.94. The van der Waals surface area contributed by atoms with Gasteiger partial charge in [-0.3, -0.25) is 0 Å². The van der Waals surface area contributed by atoms with Crippen molar-refractivity contribution in [2.75, 3.05) is 0 Å². The van der Waals surface area contributed by atoms with Crippen LogP contribution in [0.2, 0.25) is 0 Å². The van der Waals surface area contributed by atoms with Gasteiger partial charge in [0.15, 0.2) is 0 Å². The molecule has 0 bridgehead atoms. The molecule has 1 heterocycles. The third-order valence-electron chi connectivity index (χ3n) is 4.68. The fraction of sp³-hybridized carbons (Fsp3) is 0.174. The third kappa shape index (κ3) is 2.68. The van der Waals surface area contributed by atoms with Gasteiger partial charge in [0.05, 0.1) is 11.6 Å². The lowest BCUT2D eigenvalue weighted by atomic mass is 9.86. The lowest BCUT2D eigenvalue weighted by Crippen LogP contribution is -2.10. The van der Waals surface area contributed by atoms with E-state index in [1.807, 2.05) is 24.3 Å². The van der Waals surface area contributed by atoms with Gasteiger partial charge in [-0.15, -0.1) is 0 Å².